The van der Waals surface area contributed by atoms with Crippen molar-refractivity contribution in [3.05, 3.63) is 0 Å². The van der Waals surface area contributed by atoms with Gasteiger partial charge in [0.1, 0.15) is 0 Å². The molecule has 0 spiro atoms. The number of rotatable bonds is 4. The van der Waals surface area contributed by atoms with Crippen LogP contribution in [0.3, 0.4) is 0 Å². The van der Waals surface area contributed by atoms with Gasteiger partial charge in [-0.2, -0.15) is 0 Å². The third kappa shape index (κ3) is 4.85. The van der Waals surface area contributed by atoms with Gasteiger partial charge in [-0.05, 0) is 34.4 Å². The SMILES string of the molecule is CCN(C)[C@@H](C)C(=O)NC(C)(C)N. The van der Waals surface area contributed by atoms with E-state index in [-0.39, 0.29) is 11.9 Å². The van der Waals surface area contributed by atoms with Gasteiger partial charge < -0.3 is 11.1 Å². The average molecular weight is 187 g/mol. The molecule has 0 saturated carbocycles. The normalized spacial score (nSPS) is 14.4. The van der Waals surface area contributed by atoms with Crippen LogP contribution in [0.5, 0.6) is 0 Å². The molecule has 0 saturated heterocycles. The number of nitrogens with zero attached hydrogens (tertiary/aromatic N) is 1. The lowest BCUT2D eigenvalue weighted by molar-refractivity contribution is -0.126. The van der Waals surface area contributed by atoms with Crippen LogP contribution in [0.2, 0.25) is 0 Å². The van der Waals surface area contributed by atoms with E-state index in [4.69, 9.17) is 5.73 Å². The lowest BCUT2D eigenvalue weighted by Crippen LogP contribution is -2.55. The van der Waals surface area contributed by atoms with E-state index in [0.29, 0.717) is 0 Å². The molecule has 0 aliphatic heterocycles. The summed E-state index contributed by atoms with van der Waals surface area (Å²) >= 11 is 0. The van der Waals surface area contributed by atoms with Gasteiger partial charge in [-0.25, -0.2) is 0 Å². The molecule has 0 radical (unpaired) electrons. The van der Waals surface area contributed by atoms with Gasteiger partial charge in [0, 0.05) is 0 Å². The van der Waals surface area contributed by atoms with Gasteiger partial charge >= 0.3 is 0 Å². The molecule has 0 unspecified atom stereocenters. The van der Waals surface area contributed by atoms with Gasteiger partial charge in [0.25, 0.3) is 0 Å². The molecule has 4 heteroatoms. The third-order valence-electron chi connectivity index (χ3n) is 1.98. The Morgan fingerprint density at radius 1 is 1.62 bits per heavy atom. The molecular formula is C9H21N3O. The Balaban J connectivity index is 4.12. The van der Waals surface area contributed by atoms with E-state index < -0.39 is 5.66 Å². The first-order chi connectivity index (χ1) is 5.78. The minimum absolute atomic E-state index is 0.0307. The fourth-order valence-electron chi connectivity index (χ4n) is 0.896. The van der Waals surface area contributed by atoms with Gasteiger partial charge in [0.05, 0.1) is 11.7 Å². The van der Waals surface area contributed by atoms with Crippen molar-refractivity contribution in [3.8, 4) is 0 Å². The van der Waals surface area contributed by atoms with E-state index in [2.05, 4.69) is 5.32 Å². The molecule has 0 heterocycles. The lowest BCUT2D eigenvalue weighted by Gasteiger charge is -2.27. The van der Waals surface area contributed by atoms with Crippen molar-refractivity contribution in [1.29, 1.82) is 0 Å². The van der Waals surface area contributed by atoms with Crippen LogP contribution >= 0.6 is 0 Å². The molecule has 4 nitrogen and oxygen atoms in total. The molecule has 0 rings (SSSR count). The van der Waals surface area contributed by atoms with Gasteiger partial charge in [0.15, 0.2) is 0 Å². The van der Waals surface area contributed by atoms with Crippen molar-refractivity contribution >= 4 is 5.91 Å². The van der Waals surface area contributed by atoms with Crippen molar-refractivity contribution in [1.82, 2.24) is 10.2 Å². The lowest BCUT2D eigenvalue weighted by atomic mass is 10.2. The molecular weight excluding hydrogens is 166 g/mol. The number of likely N-dealkylation sites (N-methyl/N-ethyl adjacent to an activating group) is 1. The molecule has 1 atom stereocenters. The highest BCUT2D eigenvalue weighted by Crippen LogP contribution is 1.98. The fraction of sp³-hybridized carbons (Fsp3) is 0.889. The number of hydrogen-bond acceptors (Lipinski definition) is 3. The number of nitrogens with one attached hydrogen (secondary N) is 1. The highest BCUT2D eigenvalue weighted by atomic mass is 16.2. The largest absolute Gasteiger partial charge is 0.337 e. The average Bonchev–Trinajstić information content (AvgIpc) is 1.98. The molecule has 0 aromatic rings. The van der Waals surface area contributed by atoms with E-state index in [1.165, 1.54) is 0 Å². The highest BCUT2D eigenvalue weighted by Gasteiger charge is 2.21. The summed E-state index contributed by atoms with van der Waals surface area (Å²) in [5, 5.41) is 2.73. The minimum atomic E-state index is -0.639. The maximum atomic E-state index is 11.5. The molecule has 78 valence electrons. The van der Waals surface area contributed by atoms with Crippen LogP contribution in [0, 0.1) is 0 Å². The maximum Gasteiger partial charge on any atom is 0.238 e. The first kappa shape index (κ1) is 12.4. The predicted molar refractivity (Wildman–Crippen MR) is 54.2 cm³/mol. The zero-order valence-corrected chi connectivity index (χ0v) is 9.22. The summed E-state index contributed by atoms with van der Waals surface area (Å²) in [5.41, 5.74) is 5.03. The first-order valence-electron chi connectivity index (χ1n) is 4.59. The Morgan fingerprint density at radius 3 is 2.38 bits per heavy atom. The highest BCUT2D eigenvalue weighted by molar-refractivity contribution is 5.81. The van der Waals surface area contributed by atoms with Crippen molar-refractivity contribution in [2.45, 2.75) is 39.4 Å². The summed E-state index contributed by atoms with van der Waals surface area (Å²) in [6, 6.07) is -0.132. The molecule has 0 aromatic heterocycles. The van der Waals surface area contributed by atoms with Gasteiger partial charge in [-0.1, -0.05) is 6.92 Å². The zero-order chi connectivity index (χ0) is 10.6. The van der Waals surface area contributed by atoms with Gasteiger partial charge in [0.2, 0.25) is 5.91 Å². The zero-order valence-electron chi connectivity index (χ0n) is 9.22. The van der Waals surface area contributed by atoms with E-state index in [1.807, 2.05) is 25.8 Å². The first-order valence-corrected chi connectivity index (χ1v) is 4.59. The molecule has 3 N–H and O–H groups in total. The number of carbonyl (C=O) groups is 1. The summed E-state index contributed by atoms with van der Waals surface area (Å²) in [4.78, 5) is 13.5. The van der Waals surface area contributed by atoms with Crippen molar-refractivity contribution < 1.29 is 4.79 Å². The van der Waals surface area contributed by atoms with Crippen LogP contribution in [-0.2, 0) is 4.79 Å². The smallest absolute Gasteiger partial charge is 0.238 e. The Bertz CT molecular complexity index is 174. The fourth-order valence-corrected chi connectivity index (χ4v) is 0.896. The number of amides is 1. The summed E-state index contributed by atoms with van der Waals surface area (Å²) in [6.45, 7) is 8.26. The van der Waals surface area contributed by atoms with Crippen LogP contribution in [0.1, 0.15) is 27.7 Å². The molecule has 1 amide bonds. The monoisotopic (exact) mass is 187 g/mol. The standard InChI is InChI=1S/C9H21N3O/c1-6-12(5)7(2)8(13)11-9(3,4)10/h7H,6,10H2,1-5H3,(H,11,13)/t7-/m0/s1. The van der Waals surface area contributed by atoms with Crippen LogP contribution in [0.4, 0.5) is 0 Å². The molecule has 0 aliphatic carbocycles. The summed E-state index contributed by atoms with van der Waals surface area (Å²) < 4.78 is 0. The number of carbonyl (C=O) groups excluding carboxylic acids is 1. The Labute approximate surface area is 80.5 Å². The maximum absolute atomic E-state index is 11.5. The summed E-state index contributed by atoms with van der Waals surface area (Å²) in [5.74, 6) is -0.0307. The van der Waals surface area contributed by atoms with Crippen molar-refractivity contribution in [2.24, 2.45) is 5.73 Å². The van der Waals surface area contributed by atoms with E-state index in [9.17, 15) is 4.79 Å². The Morgan fingerprint density at radius 2 is 2.08 bits per heavy atom. The third-order valence-corrected chi connectivity index (χ3v) is 1.98. The quantitative estimate of drug-likeness (QED) is 0.615. The molecule has 0 aliphatic rings. The van der Waals surface area contributed by atoms with Crippen LogP contribution in [0.25, 0.3) is 0 Å². The topological polar surface area (TPSA) is 58.4 Å². The number of hydrogen-bond donors (Lipinski definition) is 2. The van der Waals surface area contributed by atoms with Crippen molar-refractivity contribution in [3.63, 3.8) is 0 Å². The van der Waals surface area contributed by atoms with Gasteiger partial charge in [-0.15, -0.1) is 0 Å². The molecule has 0 bridgehead atoms. The van der Waals surface area contributed by atoms with Crippen LogP contribution < -0.4 is 11.1 Å². The van der Waals surface area contributed by atoms with E-state index in [0.717, 1.165) is 6.54 Å². The van der Waals surface area contributed by atoms with Crippen LogP contribution in [0.15, 0.2) is 0 Å². The minimum Gasteiger partial charge on any atom is -0.337 e. The second-order valence-electron chi connectivity index (χ2n) is 3.96. The van der Waals surface area contributed by atoms with Gasteiger partial charge in [-0.3, -0.25) is 9.69 Å². The predicted octanol–water partition coefficient (Wildman–Crippen LogP) is 0.138. The van der Waals surface area contributed by atoms with E-state index in [1.54, 1.807) is 13.8 Å². The van der Waals surface area contributed by atoms with Crippen molar-refractivity contribution in [2.75, 3.05) is 13.6 Å². The van der Waals surface area contributed by atoms with Crippen LogP contribution in [-0.4, -0.2) is 36.1 Å². The summed E-state index contributed by atoms with van der Waals surface area (Å²) in [6.07, 6.45) is 0. The van der Waals surface area contributed by atoms with E-state index >= 15 is 0 Å². The molecule has 13 heavy (non-hydrogen) atoms. The summed E-state index contributed by atoms with van der Waals surface area (Å²) in [7, 11) is 1.91. The molecule has 0 fully saturated rings. The Kier molecular flexibility index (Phi) is 4.36. The molecule has 0 aromatic carbocycles. The Hall–Kier alpha value is -0.610. The number of nitrogens with two attached hydrogens (primary N) is 1. The second-order valence-corrected chi connectivity index (χ2v) is 3.96. The second kappa shape index (κ2) is 4.58.